The van der Waals surface area contributed by atoms with Crippen molar-refractivity contribution in [1.29, 1.82) is 0 Å². The largest absolute Gasteiger partial charge is 0.493 e. The number of aliphatic hydroxyl groups is 1. The van der Waals surface area contributed by atoms with Crippen molar-refractivity contribution in [2.75, 3.05) is 19.5 Å². The number of aromatic nitrogens is 1. The fourth-order valence-electron chi connectivity index (χ4n) is 1.73. The van der Waals surface area contributed by atoms with Crippen molar-refractivity contribution in [3.63, 3.8) is 0 Å². The summed E-state index contributed by atoms with van der Waals surface area (Å²) in [4.78, 5) is 4.20. The second kappa shape index (κ2) is 6.06. The van der Waals surface area contributed by atoms with Crippen molar-refractivity contribution in [2.45, 2.75) is 6.61 Å². The van der Waals surface area contributed by atoms with E-state index in [1.54, 1.807) is 26.5 Å². The van der Waals surface area contributed by atoms with E-state index in [-0.39, 0.29) is 6.61 Å². The summed E-state index contributed by atoms with van der Waals surface area (Å²) in [6, 6.07) is 9.08. The second-order valence-electron chi connectivity index (χ2n) is 3.86. The number of pyridine rings is 1. The molecule has 2 N–H and O–H groups in total. The molecule has 0 bridgehead atoms. The van der Waals surface area contributed by atoms with Gasteiger partial charge in [-0.1, -0.05) is 6.07 Å². The molecule has 2 rings (SSSR count). The van der Waals surface area contributed by atoms with E-state index in [9.17, 15) is 5.11 Å². The van der Waals surface area contributed by atoms with Crippen molar-refractivity contribution in [3.8, 4) is 11.5 Å². The minimum Gasteiger partial charge on any atom is -0.493 e. The van der Waals surface area contributed by atoms with Crippen LogP contribution in [-0.4, -0.2) is 24.3 Å². The molecule has 0 unspecified atom stereocenters. The van der Waals surface area contributed by atoms with Gasteiger partial charge in [0.2, 0.25) is 0 Å². The van der Waals surface area contributed by atoms with Crippen LogP contribution in [0.5, 0.6) is 11.5 Å². The van der Waals surface area contributed by atoms with Crippen LogP contribution in [0.3, 0.4) is 0 Å². The first-order valence-corrected chi connectivity index (χ1v) is 5.82. The van der Waals surface area contributed by atoms with Crippen molar-refractivity contribution >= 4 is 11.5 Å². The molecule has 5 heteroatoms. The van der Waals surface area contributed by atoms with Crippen LogP contribution in [0, 0.1) is 0 Å². The third-order valence-corrected chi connectivity index (χ3v) is 2.71. The minimum absolute atomic E-state index is 0.0660. The fraction of sp³-hybridized carbons (Fsp3) is 0.214. The lowest BCUT2D eigenvalue weighted by molar-refractivity contribution is 0.282. The molecule has 0 saturated heterocycles. The topological polar surface area (TPSA) is 63.6 Å². The zero-order valence-corrected chi connectivity index (χ0v) is 10.9. The van der Waals surface area contributed by atoms with Crippen molar-refractivity contribution in [3.05, 3.63) is 42.1 Å². The standard InChI is InChI=1S/C14H16N2O3/c1-18-12-6-5-11(8-13(12)19-2)16-14-10(9-17)4-3-7-15-14/h3-8,17H,9H2,1-2H3,(H,15,16). The predicted octanol–water partition coefficient (Wildman–Crippen LogP) is 2.33. The SMILES string of the molecule is COc1ccc(Nc2ncccc2CO)cc1OC. The van der Waals surface area contributed by atoms with Crippen LogP contribution < -0.4 is 14.8 Å². The number of aliphatic hydroxyl groups excluding tert-OH is 1. The van der Waals surface area contributed by atoms with Gasteiger partial charge in [-0.05, 0) is 18.2 Å². The van der Waals surface area contributed by atoms with Gasteiger partial charge >= 0.3 is 0 Å². The van der Waals surface area contributed by atoms with Gasteiger partial charge in [-0.15, -0.1) is 0 Å². The molecular formula is C14H16N2O3. The number of hydrogen-bond acceptors (Lipinski definition) is 5. The average molecular weight is 260 g/mol. The van der Waals surface area contributed by atoms with E-state index < -0.39 is 0 Å². The predicted molar refractivity (Wildman–Crippen MR) is 73.0 cm³/mol. The molecule has 0 aliphatic carbocycles. The lowest BCUT2D eigenvalue weighted by Gasteiger charge is -2.12. The van der Waals surface area contributed by atoms with Gasteiger partial charge in [-0.25, -0.2) is 4.98 Å². The normalized spacial score (nSPS) is 10.1. The number of anilines is 2. The third-order valence-electron chi connectivity index (χ3n) is 2.71. The molecule has 0 fully saturated rings. The van der Waals surface area contributed by atoms with Crippen LogP contribution in [0.15, 0.2) is 36.5 Å². The Morgan fingerprint density at radius 1 is 1.16 bits per heavy atom. The van der Waals surface area contributed by atoms with E-state index in [1.807, 2.05) is 24.3 Å². The molecule has 1 heterocycles. The molecule has 1 aromatic heterocycles. The van der Waals surface area contributed by atoms with E-state index in [1.165, 1.54) is 0 Å². The van der Waals surface area contributed by atoms with E-state index in [0.29, 0.717) is 17.3 Å². The highest BCUT2D eigenvalue weighted by atomic mass is 16.5. The summed E-state index contributed by atoms with van der Waals surface area (Å²) in [5.41, 5.74) is 1.54. The highest BCUT2D eigenvalue weighted by molar-refractivity contribution is 5.63. The zero-order chi connectivity index (χ0) is 13.7. The number of ether oxygens (including phenoxy) is 2. The molecule has 0 spiro atoms. The number of methoxy groups -OCH3 is 2. The molecular weight excluding hydrogens is 244 g/mol. The highest BCUT2D eigenvalue weighted by Gasteiger charge is 2.07. The smallest absolute Gasteiger partial charge is 0.162 e. The summed E-state index contributed by atoms with van der Waals surface area (Å²) in [5, 5.41) is 12.4. The summed E-state index contributed by atoms with van der Waals surface area (Å²) in [6.07, 6.45) is 1.67. The first kappa shape index (κ1) is 13.2. The lowest BCUT2D eigenvalue weighted by atomic mass is 10.2. The number of benzene rings is 1. The molecule has 1 aromatic carbocycles. The van der Waals surface area contributed by atoms with Crippen molar-refractivity contribution < 1.29 is 14.6 Å². The third kappa shape index (κ3) is 2.95. The van der Waals surface area contributed by atoms with E-state index in [0.717, 1.165) is 11.3 Å². The quantitative estimate of drug-likeness (QED) is 0.864. The molecule has 0 aliphatic heterocycles. The maximum absolute atomic E-state index is 9.25. The Kier molecular flexibility index (Phi) is 4.20. The Hall–Kier alpha value is -2.27. The van der Waals surface area contributed by atoms with Gasteiger partial charge in [0, 0.05) is 23.5 Å². The van der Waals surface area contributed by atoms with E-state index in [2.05, 4.69) is 10.3 Å². The van der Waals surface area contributed by atoms with E-state index >= 15 is 0 Å². The van der Waals surface area contributed by atoms with Gasteiger partial charge in [0.05, 0.1) is 20.8 Å². The van der Waals surface area contributed by atoms with Crippen LogP contribution in [0.1, 0.15) is 5.56 Å². The average Bonchev–Trinajstić information content (AvgIpc) is 2.47. The summed E-state index contributed by atoms with van der Waals surface area (Å²) in [6.45, 7) is -0.0660. The van der Waals surface area contributed by atoms with E-state index in [4.69, 9.17) is 9.47 Å². The molecule has 0 radical (unpaired) electrons. The van der Waals surface area contributed by atoms with Gasteiger partial charge in [-0.2, -0.15) is 0 Å². The van der Waals surface area contributed by atoms with Gasteiger partial charge in [0.15, 0.2) is 11.5 Å². The van der Waals surface area contributed by atoms with Crippen LogP contribution in [0.2, 0.25) is 0 Å². The minimum atomic E-state index is -0.0660. The number of nitrogens with one attached hydrogen (secondary N) is 1. The first-order chi connectivity index (χ1) is 9.28. The second-order valence-corrected chi connectivity index (χ2v) is 3.86. The Morgan fingerprint density at radius 2 is 1.95 bits per heavy atom. The van der Waals surface area contributed by atoms with Gasteiger partial charge < -0.3 is 19.9 Å². The van der Waals surface area contributed by atoms with Gasteiger partial charge in [-0.3, -0.25) is 0 Å². The zero-order valence-electron chi connectivity index (χ0n) is 10.9. The van der Waals surface area contributed by atoms with Crippen LogP contribution in [0.25, 0.3) is 0 Å². The van der Waals surface area contributed by atoms with Crippen molar-refractivity contribution in [1.82, 2.24) is 4.98 Å². The van der Waals surface area contributed by atoms with Gasteiger partial charge in [0.25, 0.3) is 0 Å². The van der Waals surface area contributed by atoms with Crippen LogP contribution in [-0.2, 0) is 6.61 Å². The molecule has 5 nitrogen and oxygen atoms in total. The number of hydrogen-bond donors (Lipinski definition) is 2. The van der Waals surface area contributed by atoms with Crippen molar-refractivity contribution in [2.24, 2.45) is 0 Å². The molecule has 19 heavy (non-hydrogen) atoms. The number of rotatable bonds is 5. The molecule has 2 aromatic rings. The molecule has 0 amide bonds. The maximum atomic E-state index is 9.25. The summed E-state index contributed by atoms with van der Waals surface area (Å²) in [7, 11) is 3.18. The lowest BCUT2D eigenvalue weighted by Crippen LogP contribution is -1.99. The summed E-state index contributed by atoms with van der Waals surface area (Å²) < 4.78 is 10.4. The fourth-order valence-corrected chi connectivity index (χ4v) is 1.73. The highest BCUT2D eigenvalue weighted by Crippen LogP contribution is 2.31. The summed E-state index contributed by atoms with van der Waals surface area (Å²) in [5.74, 6) is 1.92. The molecule has 0 aliphatic rings. The Morgan fingerprint density at radius 3 is 2.63 bits per heavy atom. The first-order valence-electron chi connectivity index (χ1n) is 5.82. The van der Waals surface area contributed by atoms with Gasteiger partial charge in [0.1, 0.15) is 5.82 Å². The maximum Gasteiger partial charge on any atom is 0.162 e. The number of nitrogens with zero attached hydrogens (tertiary/aromatic N) is 1. The molecule has 0 saturated carbocycles. The Balaban J connectivity index is 2.28. The van der Waals surface area contributed by atoms with Crippen LogP contribution >= 0.6 is 0 Å². The Bertz CT molecular complexity index is 558. The molecule has 100 valence electrons. The molecule has 0 atom stereocenters. The van der Waals surface area contributed by atoms with Crippen LogP contribution in [0.4, 0.5) is 11.5 Å². The monoisotopic (exact) mass is 260 g/mol. The summed E-state index contributed by atoms with van der Waals surface area (Å²) >= 11 is 0. The Labute approximate surface area is 111 Å².